The van der Waals surface area contributed by atoms with Crippen LogP contribution < -0.4 is 9.80 Å². The summed E-state index contributed by atoms with van der Waals surface area (Å²) in [5, 5.41) is 0. The van der Waals surface area contributed by atoms with E-state index in [1.165, 1.54) is 0 Å². The Morgan fingerprint density at radius 2 is 1.03 bits per heavy atom. The van der Waals surface area contributed by atoms with Crippen molar-refractivity contribution in [2.45, 2.75) is 65.2 Å². The van der Waals surface area contributed by atoms with Crippen molar-refractivity contribution in [3.63, 3.8) is 0 Å². The molecule has 0 bridgehead atoms. The normalized spacial score (nSPS) is 17.1. The maximum absolute atomic E-state index is 13.8. The van der Waals surface area contributed by atoms with Crippen LogP contribution in [0, 0.1) is 0 Å². The Morgan fingerprint density at radius 1 is 0.618 bits per heavy atom. The number of unbranched alkanes of at least 4 members (excludes halogenated alkanes) is 6. The van der Waals surface area contributed by atoms with E-state index < -0.39 is 0 Å². The fourth-order valence-corrected chi connectivity index (χ4v) is 5.62. The van der Waals surface area contributed by atoms with Gasteiger partial charge in [-0.05, 0) is 37.1 Å². The van der Waals surface area contributed by atoms with Crippen molar-refractivity contribution in [2.24, 2.45) is 0 Å². The van der Waals surface area contributed by atoms with Crippen LogP contribution in [0.3, 0.4) is 0 Å². The monoisotopic (exact) mass is 586 g/mol. The van der Waals surface area contributed by atoms with E-state index in [9.17, 15) is 9.59 Å². The van der Waals surface area contributed by atoms with E-state index in [4.69, 9.17) is 0 Å². The molecule has 0 spiro atoms. The summed E-state index contributed by atoms with van der Waals surface area (Å²) in [7, 11) is 0. The lowest BCUT2D eigenvalue weighted by atomic mass is 9.96. The zero-order valence-electron chi connectivity index (χ0n) is 20.0. The lowest BCUT2D eigenvalue weighted by molar-refractivity contribution is -0.114. The van der Waals surface area contributed by atoms with Crippen LogP contribution in [0.2, 0.25) is 0 Å². The van der Waals surface area contributed by atoms with Gasteiger partial charge in [-0.1, -0.05) is 96.4 Å². The predicted molar refractivity (Wildman–Crippen MR) is 148 cm³/mol. The number of carbonyl (C=O) groups is 2. The maximum Gasteiger partial charge on any atom is 0.259 e. The van der Waals surface area contributed by atoms with Gasteiger partial charge in [0.25, 0.3) is 11.8 Å². The number of rotatable bonds is 10. The number of anilines is 2. The van der Waals surface area contributed by atoms with Gasteiger partial charge >= 0.3 is 0 Å². The first kappa shape index (κ1) is 25.2. The molecule has 2 aromatic carbocycles. The van der Waals surface area contributed by atoms with E-state index in [1.807, 2.05) is 46.2 Å². The highest BCUT2D eigenvalue weighted by Crippen LogP contribution is 2.47. The zero-order chi connectivity index (χ0) is 24.2. The molecule has 34 heavy (non-hydrogen) atoms. The summed E-state index contributed by atoms with van der Waals surface area (Å²) in [6, 6.07) is 11.9. The van der Waals surface area contributed by atoms with E-state index in [0.717, 1.165) is 82.8 Å². The van der Waals surface area contributed by atoms with E-state index in [-0.39, 0.29) is 11.8 Å². The van der Waals surface area contributed by atoms with Crippen LogP contribution in [0.4, 0.5) is 11.4 Å². The van der Waals surface area contributed by atoms with Gasteiger partial charge < -0.3 is 9.80 Å². The van der Waals surface area contributed by atoms with Crippen LogP contribution in [0.1, 0.15) is 76.3 Å². The van der Waals surface area contributed by atoms with Gasteiger partial charge in [-0.15, -0.1) is 0 Å². The second kappa shape index (κ2) is 11.2. The molecule has 0 fully saturated rings. The SMILES string of the molecule is CCCCCCN1C(=O)C(=C2C(=O)N(CCCCCC)c3cc(Br)ccc32)c2ccc(Br)cc21. The van der Waals surface area contributed by atoms with Crippen LogP contribution in [-0.2, 0) is 9.59 Å². The number of carbonyl (C=O) groups excluding carboxylic acids is 2. The summed E-state index contributed by atoms with van der Waals surface area (Å²) in [6.07, 6.45) is 8.72. The molecule has 0 unspecified atom stereocenters. The molecule has 0 N–H and O–H groups in total. The van der Waals surface area contributed by atoms with Gasteiger partial charge in [-0.25, -0.2) is 0 Å². The first-order chi connectivity index (χ1) is 16.5. The fourth-order valence-electron chi connectivity index (χ4n) is 4.92. The lowest BCUT2D eigenvalue weighted by Gasteiger charge is -2.17. The molecule has 0 saturated heterocycles. The molecule has 2 aliphatic heterocycles. The predicted octanol–water partition coefficient (Wildman–Crippen LogP) is 7.98. The third-order valence-electron chi connectivity index (χ3n) is 6.68. The molecule has 2 aliphatic rings. The molecule has 2 heterocycles. The molecule has 0 atom stereocenters. The molecule has 0 aliphatic carbocycles. The Labute approximate surface area is 219 Å². The fraction of sp³-hybridized carbons (Fsp3) is 0.429. The number of nitrogens with zero attached hydrogens (tertiary/aromatic N) is 2. The van der Waals surface area contributed by atoms with Gasteiger partial charge in [-0.2, -0.15) is 0 Å². The van der Waals surface area contributed by atoms with Gasteiger partial charge in [0, 0.05) is 33.2 Å². The second-order valence-corrected chi connectivity index (χ2v) is 10.9. The van der Waals surface area contributed by atoms with E-state index in [1.54, 1.807) is 0 Å². The minimum atomic E-state index is -0.0605. The van der Waals surface area contributed by atoms with Gasteiger partial charge in [-0.3, -0.25) is 9.59 Å². The van der Waals surface area contributed by atoms with E-state index >= 15 is 0 Å². The quantitative estimate of drug-likeness (QED) is 0.209. The summed E-state index contributed by atoms with van der Waals surface area (Å²) in [4.78, 5) is 31.4. The minimum absolute atomic E-state index is 0.0605. The zero-order valence-corrected chi connectivity index (χ0v) is 23.2. The Morgan fingerprint density at radius 3 is 1.41 bits per heavy atom. The lowest BCUT2D eigenvalue weighted by Crippen LogP contribution is -2.30. The van der Waals surface area contributed by atoms with Crippen molar-refractivity contribution in [3.05, 3.63) is 56.5 Å². The van der Waals surface area contributed by atoms with Gasteiger partial charge in [0.1, 0.15) is 0 Å². The highest BCUT2D eigenvalue weighted by molar-refractivity contribution is 9.10. The largest absolute Gasteiger partial charge is 0.308 e. The maximum atomic E-state index is 13.8. The summed E-state index contributed by atoms with van der Waals surface area (Å²) in [5.74, 6) is -0.121. The van der Waals surface area contributed by atoms with Crippen molar-refractivity contribution in [1.29, 1.82) is 0 Å². The molecule has 0 saturated carbocycles. The smallest absolute Gasteiger partial charge is 0.259 e. The number of hydrogen-bond acceptors (Lipinski definition) is 2. The molecule has 4 rings (SSSR count). The third-order valence-corrected chi connectivity index (χ3v) is 7.66. The van der Waals surface area contributed by atoms with Crippen LogP contribution in [0.25, 0.3) is 11.1 Å². The molecule has 180 valence electrons. The highest BCUT2D eigenvalue weighted by Gasteiger charge is 2.41. The topological polar surface area (TPSA) is 40.6 Å². The number of amides is 2. The van der Waals surface area contributed by atoms with Crippen LogP contribution in [-0.4, -0.2) is 24.9 Å². The standard InChI is InChI=1S/C28H32Br2N2O2/c1-3-5-7-9-15-31-23-17-19(29)11-13-21(23)25(27(31)33)26-22-14-12-20(30)18-24(22)32(28(26)34)16-10-8-6-4-2/h11-14,17-18H,3-10,15-16H2,1-2H3. The number of benzene rings is 2. The van der Waals surface area contributed by atoms with Crippen LogP contribution in [0.15, 0.2) is 45.3 Å². The first-order valence-electron chi connectivity index (χ1n) is 12.5. The number of halogens is 2. The molecule has 4 nitrogen and oxygen atoms in total. The van der Waals surface area contributed by atoms with E-state index in [0.29, 0.717) is 24.2 Å². The molecule has 2 aromatic rings. The Kier molecular flexibility index (Phi) is 8.30. The second-order valence-electron chi connectivity index (χ2n) is 9.11. The Balaban J connectivity index is 1.77. The van der Waals surface area contributed by atoms with Crippen molar-refractivity contribution >= 4 is 66.2 Å². The molecule has 0 radical (unpaired) electrons. The van der Waals surface area contributed by atoms with E-state index in [2.05, 4.69) is 45.7 Å². The first-order valence-corrected chi connectivity index (χ1v) is 14.0. The number of hydrogen-bond donors (Lipinski definition) is 0. The summed E-state index contributed by atoms with van der Waals surface area (Å²) < 4.78 is 1.87. The van der Waals surface area contributed by atoms with Crippen molar-refractivity contribution in [3.8, 4) is 0 Å². The van der Waals surface area contributed by atoms with Gasteiger partial charge in [0.2, 0.25) is 0 Å². The minimum Gasteiger partial charge on any atom is -0.308 e. The summed E-state index contributed by atoms with van der Waals surface area (Å²) in [6.45, 7) is 5.71. The molecular formula is C28H32Br2N2O2. The molecule has 2 amide bonds. The van der Waals surface area contributed by atoms with Gasteiger partial charge in [0.05, 0.1) is 22.5 Å². The molecular weight excluding hydrogens is 556 g/mol. The van der Waals surface area contributed by atoms with Crippen LogP contribution in [0.5, 0.6) is 0 Å². The van der Waals surface area contributed by atoms with Crippen molar-refractivity contribution in [1.82, 2.24) is 0 Å². The summed E-state index contributed by atoms with van der Waals surface area (Å²) >= 11 is 7.14. The van der Waals surface area contributed by atoms with Crippen molar-refractivity contribution < 1.29 is 9.59 Å². The Bertz CT molecular complexity index is 1040. The Hall–Kier alpha value is -1.92. The van der Waals surface area contributed by atoms with Crippen LogP contribution >= 0.6 is 31.9 Å². The third kappa shape index (κ3) is 4.90. The summed E-state index contributed by atoms with van der Waals surface area (Å²) in [5.41, 5.74) is 4.59. The average molecular weight is 588 g/mol. The highest BCUT2D eigenvalue weighted by atomic mass is 79.9. The molecule has 0 aromatic heterocycles. The average Bonchev–Trinajstić information content (AvgIpc) is 3.23. The number of fused-ring (bicyclic) bond motifs is 2. The molecule has 6 heteroatoms. The van der Waals surface area contributed by atoms with Crippen molar-refractivity contribution in [2.75, 3.05) is 22.9 Å². The van der Waals surface area contributed by atoms with Gasteiger partial charge in [0.15, 0.2) is 0 Å².